The Balaban J connectivity index is 2.82. The number of pyridine rings is 2. The summed E-state index contributed by atoms with van der Waals surface area (Å²) in [5.41, 5.74) is 10.1. The molecule has 2 aromatic rings. The zero-order valence-corrected chi connectivity index (χ0v) is 9.78. The summed E-state index contributed by atoms with van der Waals surface area (Å²) in [6.45, 7) is 1.82. The van der Waals surface area contributed by atoms with Crippen LogP contribution < -0.4 is 0 Å². The van der Waals surface area contributed by atoms with Gasteiger partial charge in [-0.05, 0) is 24.6 Å². The largest absolute Gasteiger partial charge is 0.465 e. The van der Waals surface area contributed by atoms with Gasteiger partial charge >= 0.3 is 5.97 Å². The molecule has 0 amide bonds. The zero-order valence-electron chi connectivity index (χ0n) is 9.78. The summed E-state index contributed by atoms with van der Waals surface area (Å²) in [7, 11) is 1.25. The molecule has 0 aliphatic carbocycles. The fraction of sp³-hybridized carbons (Fsp3) is 0.182. The van der Waals surface area contributed by atoms with Crippen LogP contribution >= 0.6 is 0 Å². The van der Waals surface area contributed by atoms with E-state index < -0.39 is 5.97 Å². The second kappa shape index (κ2) is 4.68. The average Bonchev–Trinajstić information content (AvgIpc) is 2.38. The molecular weight excluding hydrogens is 234 g/mol. The zero-order chi connectivity index (χ0) is 13.1. The molecule has 0 radical (unpaired) electrons. The van der Waals surface area contributed by atoms with Crippen LogP contribution in [0.3, 0.4) is 0 Å². The summed E-state index contributed by atoms with van der Waals surface area (Å²) in [6, 6.07) is 3.46. The van der Waals surface area contributed by atoms with E-state index in [2.05, 4.69) is 24.7 Å². The van der Waals surface area contributed by atoms with Gasteiger partial charge in [-0.3, -0.25) is 0 Å². The minimum Gasteiger partial charge on any atom is -0.465 e. The number of ether oxygens (including phenoxy) is 1. The predicted octanol–water partition coefficient (Wildman–Crippen LogP) is 2.67. The molecule has 0 aliphatic heterocycles. The number of rotatable bonds is 2. The van der Waals surface area contributed by atoms with Crippen LogP contribution in [0, 0.1) is 6.92 Å². The number of hydrogen-bond acceptors (Lipinski definition) is 5. The highest BCUT2D eigenvalue weighted by atomic mass is 16.5. The molecule has 0 unspecified atom stereocenters. The molecule has 0 aromatic carbocycles. The van der Waals surface area contributed by atoms with Crippen molar-refractivity contribution >= 4 is 22.7 Å². The van der Waals surface area contributed by atoms with Crippen LogP contribution in [0.5, 0.6) is 0 Å². The summed E-state index contributed by atoms with van der Waals surface area (Å²) < 4.78 is 4.61. The van der Waals surface area contributed by atoms with Crippen molar-refractivity contribution in [2.75, 3.05) is 7.11 Å². The first-order chi connectivity index (χ1) is 8.67. The highest BCUT2D eigenvalue weighted by Crippen LogP contribution is 2.28. The van der Waals surface area contributed by atoms with Gasteiger partial charge in [-0.15, -0.1) is 0 Å². The average molecular weight is 243 g/mol. The van der Waals surface area contributed by atoms with E-state index >= 15 is 0 Å². The molecular formula is C11H9N5O2. The smallest absolute Gasteiger partial charge is 0.339 e. The Hall–Kier alpha value is -2.66. The third kappa shape index (κ3) is 1.94. The van der Waals surface area contributed by atoms with E-state index in [9.17, 15) is 4.79 Å². The van der Waals surface area contributed by atoms with E-state index in [1.807, 2.05) is 6.92 Å². The van der Waals surface area contributed by atoms with E-state index in [-0.39, 0.29) is 11.3 Å². The lowest BCUT2D eigenvalue weighted by Gasteiger charge is -2.06. The van der Waals surface area contributed by atoms with Crippen molar-refractivity contribution in [2.45, 2.75) is 6.92 Å². The molecule has 0 aliphatic rings. The fourth-order valence-electron chi connectivity index (χ4n) is 1.57. The van der Waals surface area contributed by atoms with E-state index in [1.165, 1.54) is 13.3 Å². The Bertz CT molecular complexity index is 676. The van der Waals surface area contributed by atoms with Crippen LogP contribution in [0.2, 0.25) is 0 Å². The Labute approximate surface area is 102 Å². The third-order valence-electron chi connectivity index (χ3n) is 2.39. The fourth-order valence-corrected chi connectivity index (χ4v) is 1.57. The van der Waals surface area contributed by atoms with Gasteiger partial charge in [0.2, 0.25) is 0 Å². The first-order valence-corrected chi connectivity index (χ1v) is 5.07. The maximum absolute atomic E-state index is 11.6. The van der Waals surface area contributed by atoms with Crippen molar-refractivity contribution in [3.8, 4) is 0 Å². The normalized spacial score (nSPS) is 9.89. The van der Waals surface area contributed by atoms with Gasteiger partial charge in [0, 0.05) is 22.2 Å². The summed E-state index contributed by atoms with van der Waals surface area (Å²) in [5.74, 6) is -0.604. The van der Waals surface area contributed by atoms with Crippen LogP contribution in [0.4, 0.5) is 5.69 Å². The molecule has 2 aromatic heterocycles. The minimum absolute atomic E-state index is 0.119. The van der Waals surface area contributed by atoms with Crippen molar-refractivity contribution in [1.29, 1.82) is 0 Å². The highest BCUT2D eigenvalue weighted by molar-refractivity contribution is 6.02. The number of aromatic nitrogens is 2. The van der Waals surface area contributed by atoms with Gasteiger partial charge in [0.05, 0.1) is 18.4 Å². The van der Waals surface area contributed by atoms with Gasteiger partial charge in [0.1, 0.15) is 0 Å². The van der Waals surface area contributed by atoms with E-state index in [0.717, 1.165) is 5.69 Å². The number of hydrogen-bond donors (Lipinski definition) is 0. The van der Waals surface area contributed by atoms with Crippen molar-refractivity contribution in [2.24, 2.45) is 5.11 Å². The second-order valence-corrected chi connectivity index (χ2v) is 3.53. The summed E-state index contributed by atoms with van der Waals surface area (Å²) in [4.78, 5) is 22.5. The Morgan fingerprint density at radius 1 is 1.50 bits per heavy atom. The lowest BCUT2D eigenvalue weighted by atomic mass is 10.1. The second-order valence-electron chi connectivity index (χ2n) is 3.53. The van der Waals surface area contributed by atoms with Crippen LogP contribution in [-0.4, -0.2) is 23.0 Å². The van der Waals surface area contributed by atoms with Crippen LogP contribution in [0.1, 0.15) is 16.1 Å². The van der Waals surface area contributed by atoms with E-state index in [1.54, 1.807) is 12.1 Å². The van der Waals surface area contributed by atoms with Gasteiger partial charge in [-0.25, -0.2) is 14.8 Å². The molecule has 0 atom stereocenters. The lowest BCUT2D eigenvalue weighted by Crippen LogP contribution is -2.03. The number of methoxy groups -OCH3 is 1. The van der Waals surface area contributed by atoms with Gasteiger partial charge in [0.15, 0.2) is 5.65 Å². The quantitative estimate of drug-likeness (QED) is 0.350. The number of aryl methyl sites for hydroxylation is 1. The Morgan fingerprint density at radius 3 is 2.94 bits per heavy atom. The highest BCUT2D eigenvalue weighted by Gasteiger charge is 2.15. The molecule has 0 saturated heterocycles. The number of fused-ring (bicyclic) bond motifs is 1. The molecule has 0 bridgehead atoms. The van der Waals surface area contributed by atoms with Crippen molar-refractivity contribution < 1.29 is 9.53 Å². The van der Waals surface area contributed by atoms with Crippen LogP contribution in [-0.2, 0) is 4.74 Å². The van der Waals surface area contributed by atoms with Gasteiger partial charge in [-0.1, -0.05) is 5.11 Å². The standard InChI is InChI=1S/C11H9N5O2/c1-6-3-4-7-9(15-16-12)8(11(17)18-2)5-13-10(7)14-6/h3-5H,1-2H3. The number of carbonyl (C=O) groups is 1. The Kier molecular flexibility index (Phi) is 3.07. The number of carbonyl (C=O) groups excluding carboxylic acids is 1. The summed E-state index contributed by atoms with van der Waals surface area (Å²) in [6.07, 6.45) is 1.30. The molecule has 7 heteroatoms. The molecule has 2 heterocycles. The predicted molar refractivity (Wildman–Crippen MR) is 64.4 cm³/mol. The number of nitrogens with zero attached hydrogens (tertiary/aromatic N) is 5. The summed E-state index contributed by atoms with van der Waals surface area (Å²) >= 11 is 0. The molecule has 18 heavy (non-hydrogen) atoms. The minimum atomic E-state index is -0.604. The topological polar surface area (TPSA) is 101 Å². The molecule has 0 fully saturated rings. The van der Waals surface area contributed by atoms with Crippen molar-refractivity contribution in [1.82, 2.24) is 9.97 Å². The van der Waals surface area contributed by atoms with Crippen LogP contribution in [0.25, 0.3) is 21.5 Å². The third-order valence-corrected chi connectivity index (χ3v) is 2.39. The molecule has 7 nitrogen and oxygen atoms in total. The number of azide groups is 1. The van der Waals surface area contributed by atoms with Gasteiger partial charge in [-0.2, -0.15) is 0 Å². The Morgan fingerprint density at radius 2 is 2.28 bits per heavy atom. The van der Waals surface area contributed by atoms with Gasteiger partial charge < -0.3 is 4.74 Å². The molecule has 0 saturated carbocycles. The van der Waals surface area contributed by atoms with E-state index in [0.29, 0.717) is 11.0 Å². The van der Waals surface area contributed by atoms with Crippen molar-refractivity contribution in [3.05, 3.63) is 40.0 Å². The first-order valence-electron chi connectivity index (χ1n) is 5.07. The number of esters is 1. The first kappa shape index (κ1) is 11.8. The maximum Gasteiger partial charge on any atom is 0.339 e. The van der Waals surface area contributed by atoms with Crippen molar-refractivity contribution in [3.63, 3.8) is 0 Å². The SMILES string of the molecule is COC(=O)c1cnc2nc(C)ccc2c1N=[N+]=[N-]. The van der Waals surface area contributed by atoms with Gasteiger partial charge in [0.25, 0.3) is 0 Å². The molecule has 0 N–H and O–H groups in total. The summed E-state index contributed by atoms with van der Waals surface area (Å²) in [5, 5.41) is 4.05. The molecule has 0 spiro atoms. The lowest BCUT2D eigenvalue weighted by molar-refractivity contribution is 0.0601. The van der Waals surface area contributed by atoms with E-state index in [4.69, 9.17) is 5.53 Å². The van der Waals surface area contributed by atoms with Crippen LogP contribution in [0.15, 0.2) is 23.4 Å². The maximum atomic E-state index is 11.6. The monoisotopic (exact) mass is 243 g/mol. The molecule has 90 valence electrons. The molecule has 2 rings (SSSR count).